The zero-order chi connectivity index (χ0) is 20.7. The number of nitro benzene ring substituents is 1. The summed E-state index contributed by atoms with van der Waals surface area (Å²) in [7, 11) is 0. The van der Waals surface area contributed by atoms with Crippen LogP contribution in [0.1, 0.15) is 36.5 Å². The number of nitrogens with one attached hydrogen (secondary N) is 1. The molecule has 8 heteroatoms. The molecule has 0 aliphatic heterocycles. The lowest BCUT2D eigenvalue weighted by Gasteiger charge is -2.09. The molecule has 0 spiro atoms. The second kappa shape index (κ2) is 9.85. The Balaban J connectivity index is 1.82. The van der Waals surface area contributed by atoms with Crippen LogP contribution in [0.2, 0.25) is 5.02 Å². The first kappa shape index (κ1) is 21.4. The maximum absolute atomic E-state index is 11.9. The highest BCUT2D eigenvalue weighted by Gasteiger charge is 2.12. The largest absolute Gasteiger partial charge is 0.493 e. The van der Waals surface area contributed by atoms with Crippen molar-refractivity contribution in [2.45, 2.75) is 33.6 Å². The molecule has 7 nitrogen and oxygen atoms in total. The number of carbonyl (C=O) groups is 1. The molecule has 0 aliphatic rings. The maximum Gasteiger partial charge on any atom is 0.272 e. The number of amides is 1. The van der Waals surface area contributed by atoms with E-state index in [-0.39, 0.29) is 18.0 Å². The number of halogens is 1. The van der Waals surface area contributed by atoms with E-state index in [0.717, 1.165) is 11.3 Å². The number of rotatable bonds is 8. The number of benzene rings is 2. The van der Waals surface area contributed by atoms with Crippen LogP contribution in [0.5, 0.6) is 5.75 Å². The standard InChI is InChI=1S/C20H22ClN3O4/c1-13-6-7-16(12-18(13)24(26)27)15(3)22-23-20(25)5-4-10-28-19-9-8-17(21)11-14(19)2/h6-9,11-12H,4-5,10H2,1-3H3,(H,23,25). The quantitative estimate of drug-likeness (QED) is 0.302. The van der Waals surface area contributed by atoms with Crippen LogP contribution in [0, 0.1) is 24.0 Å². The van der Waals surface area contributed by atoms with Crippen LogP contribution in [-0.4, -0.2) is 23.1 Å². The van der Waals surface area contributed by atoms with Gasteiger partial charge in [-0.1, -0.05) is 23.7 Å². The molecule has 0 unspecified atom stereocenters. The van der Waals surface area contributed by atoms with Crippen molar-refractivity contribution >= 4 is 28.9 Å². The van der Waals surface area contributed by atoms with Gasteiger partial charge in [-0.2, -0.15) is 5.10 Å². The van der Waals surface area contributed by atoms with Gasteiger partial charge in [-0.15, -0.1) is 0 Å². The lowest BCUT2D eigenvalue weighted by Crippen LogP contribution is -2.19. The molecule has 0 fully saturated rings. The van der Waals surface area contributed by atoms with E-state index in [1.165, 1.54) is 6.07 Å². The maximum atomic E-state index is 11.9. The van der Waals surface area contributed by atoms with Crippen molar-refractivity contribution in [3.05, 3.63) is 68.2 Å². The Morgan fingerprint density at radius 2 is 1.96 bits per heavy atom. The summed E-state index contributed by atoms with van der Waals surface area (Å²) >= 11 is 5.90. The molecule has 0 saturated heterocycles. The first-order valence-corrected chi connectivity index (χ1v) is 9.13. The summed E-state index contributed by atoms with van der Waals surface area (Å²) in [6.45, 7) is 5.65. The van der Waals surface area contributed by atoms with Gasteiger partial charge in [-0.05, 0) is 51.0 Å². The monoisotopic (exact) mass is 403 g/mol. The summed E-state index contributed by atoms with van der Waals surface area (Å²) in [6.07, 6.45) is 0.774. The lowest BCUT2D eigenvalue weighted by atomic mass is 10.1. The predicted octanol–water partition coefficient (Wildman–Crippen LogP) is 4.56. The summed E-state index contributed by atoms with van der Waals surface area (Å²) in [5.41, 5.74) is 5.07. The van der Waals surface area contributed by atoms with Crippen molar-refractivity contribution < 1.29 is 14.5 Å². The van der Waals surface area contributed by atoms with Crippen molar-refractivity contribution in [2.75, 3.05) is 6.61 Å². The van der Waals surface area contributed by atoms with Crippen molar-refractivity contribution in [1.82, 2.24) is 5.43 Å². The third-order valence-corrected chi connectivity index (χ3v) is 4.35. The van der Waals surface area contributed by atoms with Gasteiger partial charge in [0.15, 0.2) is 0 Å². The highest BCUT2D eigenvalue weighted by Crippen LogP contribution is 2.22. The number of nitro groups is 1. The van der Waals surface area contributed by atoms with E-state index in [2.05, 4.69) is 10.5 Å². The van der Waals surface area contributed by atoms with E-state index >= 15 is 0 Å². The van der Waals surface area contributed by atoms with Gasteiger partial charge in [0.25, 0.3) is 5.69 Å². The van der Waals surface area contributed by atoms with Crippen LogP contribution >= 0.6 is 11.6 Å². The summed E-state index contributed by atoms with van der Waals surface area (Å²) in [4.78, 5) is 22.5. The number of ether oxygens (including phenoxy) is 1. The second-order valence-corrected chi connectivity index (χ2v) is 6.79. The number of nitrogens with zero attached hydrogens (tertiary/aromatic N) is 2. The Morgan fingerprint density at radius 3 is 2.64 bits per heavy atom. The number of hydrogen-bond donors (Lipinski definition) is 1. The van der Waals surface area contributed by atoms with Crippen LogP contribution in [0.4, 0.5) is 5.69 Å². The fourth-order valence-corrected chi connectivity index (χ4v) is 2.71. The smallest absolute Gasteiger partial charge is 0.272 e. The first-order valence-electron chi connectivity index (χ1n) is 8.75. The molecule has 2 rings (SSSR count). The summed E-state index contributed by atoms with van der Waals surface area (Å²) in [5.74, 6) is 0.483. The van der Waals surface area contributed by atoms with E-state index in [9.17, 15) is 14.9 Å². The lowest BCUT2D eigenvalue weighted by molar-refractivity contribution is -0.385. The Hall–Kier alpha value is -2.93. The van der Waals surface area contributed by atoms with Crippen LogP contribution in [0.25, 0.3) is 0 Å². The van der Waals surface area contributed by atoms with Crippen LogP contribution in [0.3, 0.4) is 0 Å². The van der Waals surface area contributed by atoms with Crippen molar-refractivity contribution in [1.29, 1.82) is 0 Å². The van der Waals surface area contributed by atoms with Crippen molar-refractivity contribution in [3.8, 4) is 5.75 Å². The molecule has 0 aromatic heterocycles. The molecular formula is C20H22ClN3O4. The minimum atomic E-state index is -0.437. The van der Waals surface area contributed by atoms with E-state index in [0.29, 0.717) is 34.9 Å². The molecule has 0 heterocycles. The van der Waals surface area contributed by atoms with Gasteiger partial charge in [0.1, 0.15) is 5.75 Å². The van der Waals surface area contributed by atoms with Crippen LogP contribution < -0.4 is 10.2 Å². The molecule has 148 valence electrons. The Morgan fingerprint density at radius 1 is 1.21 bits per heavy atom. The van der Waals surface area contributed by atoms with Gasteiger partial charge in [0.2, 0.25) is 5.91 Å². The minimum Gasteiger partial charge on any atom is -0.493 e. The van der Waals surface area contributed by atoms with E-state index < -0.39 is 4.92 Å². The molecule has 1 N–H and O–H groups in total. The molecule has 0 radical (unpaired) electrons. The summed E-state index contributed by atoms with van der Waals surface area (Å²) < 4.78 is 5.65. The molecule has 0 bridgehead atoms. The van der Waals surface area contributed by atoms with E-state index in [4.69, 9.17) is 16.3 Å². The molecule has 0 aliphatic carbocycles. The summed E-state index contributed by atoms with van der Waals surface area (Å²) in [5, 5.41) is 15.7. The molecule has 1 amide bonds. The van der Waals surface area contributed by atoms with Crippen LogP contribution in [-0.2, 0) is 4.79 Å². The first-order chi connectivity index (χ1) is 13.3. The normalized spacial score (nSPS) is 11.2. The zero-order valence-corrected chi connectivity index (χ0v) is 16.7. The predicted molar refractivity (Wildman–Crippen MR) is 109 cm³/mol. The Kier molecular flexibility index (Phi) is 7.52. The highest BCUT2D eigenvalue weighted by molar-refractivity contribution is 6.30. The SMILES string of the molecule is CC(=NNC(=O)CCCOc1ccc(Cl)cc1C)c1ccc(C)c([N+](=O)[O-])c1. The van der Waals surface area contributed by atoms with E-state index in [1.807, 2.05) is 13.0 Å². The molecule has 28 heavy (non-hydrogen) atoms. The fraction of sp³-hybridized carbons (Fsp3) is 0.300. The van der Waals surface area contributed by atoms with Crippen molar-refractivity contribution in [3.63, 3.8) is 0 Å². The van der Waals surface area contributed by atoms with Gasteiger partial charge in [-0.25, -0.2) is 5.43 Å². The summed E-state index contributed by atoms with van der Waals surface area (Å²) in [6, 6.07) is 10.2. The number of aryl methyl sites for hydroxylation is 2. The van der Waals surface area contributed by atoms with Crippen LogP contribution in [0.15, 0.2) is 41.5 Å². The fourth-order valence-electron chi connectivity index (χ4n) is 2.49. The van der Waals surface area contributed by atoms with Crippen molar-refractivity contribution in [2.24, 2.45) is 5.10 Å². The number of hydrogen-bond acceptors (Lipinski definition) is 5. The van der Waals surface area contributed by atoms with Gasteiger partial charge in [0, 0.05) is 28.6 Å². The highest BCUT2D eigenvalue weighted by atomic mass is 35.5. The van der Waals surface area contributed by atoms with Gasteiger partial charge < -0.3 is 4.74 Å². The second-order valence-electron chi connectivity index (χ2n) is 6.35. The molecule has 0 atom stereocenters. The minimum absolute atomic E-state index is 0.0213. The Bertz CT molecular complexity index is 912. The molecular weight excluding hydrogens is 382 g/mol. The molecule has 2 aromatic carbocycles. The number of hydrazone groups is 1. The topological polar surface area (TPSA) is 93.8 Å². The molecule has 0 saturated carbocycles. The van der Waals surface area contributed by atoms with Gasteiger partial charge >= 0.3 is 0 Å². The average Bonchev–Trinajstić information content (AvgIpc) is 2.64. The zero-order valence-electron chi connectivity index (χ0n) is 16.0. The van der Waals surface area contributed by atoms with Gasteiger partial charge in [-0.3, -0.25) is 14.9 Å². The Labute approximate surface area is 168 Å². The third kappa shape index (κ3) is 6.06. The third-order valence-electron chi connectivity index (χ3n) is 4.11. The average molecular weight is 404 g/mol. The van der Waals surface area contributed by atoms with E-state index in [1.54, 1.807) is 38.1 Å². The van der Waals surface area contributed by atoms with Gasteiger partial charge in [0.05, 0.1) is 17.2 Å². The number of carbonyl (C=O) groups excluding carboxylic acids is 1. The molecule has 2 aromatic rings.